The van der Waals surface area contributed by atoms with Gasteiger partial charge in [-0.05, 0) is 38.1 Å². The maximum absolute atomic E-state index is 4.48. The normalized spacial score (nSPS) is 18.1. The molecule has 1 aliphatic rings. The number of piperidine rings is 1. The van der Waals surface area contributed by atoms with Crippen molar-refractivity contribution in [1.82, 2.24) is 10.3 Å². The first-order valence-corrected chi connectivity index (χ1v) is 5.24. The van der Waals surface area contributed by atoms with Crippen LogP contribution in [0.5, 0.6) is 0 Å². The van der Waals surface area contributed by atoms with Gasteiger partial charge in [0.1, 0.15) is 0 Å². The van der Waals surface area contributed by atoms with Gasteiger partial charge < -0.3 is 10.6 Å². The molecular weight excluding hydrogens is 174 g/mol. The van der Waals surface area contributed by atoms with Crippen LogP contribution in [-0.2, 0) is 0 Å². The van der Waals surface area contributed by atoms with E-state index in [1.807, 2.05) is 13.2 Å². The van der Waals surface area contributed by atoms with Crippen molar-refractivity contribution in [2.24, 2.45) is 0 Å². The highest BCUT2D eigenvalue weighted by molar-refractivity contribution is 5.40. The molecule has 0 unspecified atom stereocenters. The quantitative estimate of drug-likeness (QED) is 0.745. The Balaban J connectivity index is 2.07. The van der Waals surface area contributed by atoms with Gasteiger partial charge in [0.15, 0.2) is 0 Å². The van der Waals surface area contributed by atoms with E-state index in [1.54, 1.807) is 0 Å². The number of aromatic nitrogens is 1. The summed E-state index contributed by atoms with van der Waals surface area (Å²) in [6.45, 7) is 2.25. The van der Waals surface area contributed by atoms with Crippen molar-refractivity contribution in [2.45, 2.75) is 18.8 Å². The lowest BCUT2D eigenvalue weighted by Crippen LogP contribution is -2.27. The van der Waals surface area contributed by atoms with Crippen molar-refractivity contribution >= 4 is 5.69 Å². The molecule has 2 rings (SSSR count). The molecule has 0 saturated carbocycles. The zero-order chi connectivity index (χ0) is 9.80. The number of pyridine rings is 1. The molecule has 0 aromatic carbocycles. The molecule has 1 saturated heterocycles. The molecule has 1 aromatic rings. The van der Waals surface area contributed by atoms with E-state index < -0.39 is 0 Å². The van der Waals surface area contributed by atoms with Crippen LogP contribution in [0.4, 0.5) is 5.69 Å². The summed E-state index contributed by atoms with van der Waals surface area (Å²) < 4.78 is 0. The fourth-order valence-corrected chi connectivity index (χ4v) is 1.91. The molecule has 1 fully saturated rings. The second-order valence-corrected chi connectivity index (χ2v) is 3.75. The number of nitrogens with one attached hydrogen (secondary N) is 2. The first kappa shape index (κ1) is 9.46. The van der Waals surface area contributed by atoms with Crippen LogP contribution in [0.3, 0.4) is 0 Å². The maximum Gasteiger partial charge on any atom is 0.0524 e. The average Bonchev–Trinajstić information content (AvgIpc) is 2.30. The highest BCUT2D eigenvalue weighted by Crippen LogP contribution is 2.23. The van der Waals surface area contributed by atoms with Gasteiger partial charge in [-0.2, -0.15) is 0 Å². The minimum atomic E-state index is 0.655. The van der Waals surface area contributed by atoms with Crippen LogP contribution >= 0.6 is 0 Å². The lowest BCUT2D eigenvalue weighted by Gasteiger charge is -2.22. The van der Waals surface area contributed by atoms with Gasteiger partial charge in [0, 0.05) is 18.7 Å². The average molecular weight is 191 g/mol. The summed E-state index contributed by atoms with van der Waals surface area (Å²) in [4.78, 5) is 4.48. The third-order valence-electron chi connectivity index (χ3n) is 2.83. The molecule has 14 heavy (non-hydrogen) atoms. The number of nitrogens with zero attached hydrogens (tertiary/aromatic N) is 1. The maximum atomic E-state index is 4.48. The first-order valence-electron chi connectivity index (χ1n) is 5.24. The minimum absolute atomic E-state index is 0.655. The summed E-state index contributed by atoms with van der Waals surface area (Å²) >= 11 is 0. The van der Waals surface area contributed by atoms with E-state index in [0.29, 0.717) is 5.92 Å². The van der Waals surface area contributed by atoms with E-state index in [1.165, 1.54) is 18.5 Å². The van der Waals surface area contributed by atoms with Gasteiger partial charge in [-0.25, -0.2) is 0 Å². The van der Waals surface area contributed by atoms with E-state index in [-0.39, 0.29) is 0 Å². The Bertz CT molecular complexity index is 275. The van der Waals surface area contributed by atoms with Crippen molar-refractivity contribution in [1.29, 1.82) is 0 Å². The standard InChI is InChI=1S/C11H17N3/c1-12-10-2-3-11(14-8-10)9-4-6-13-7-5-9/h2-3,8-9,12-13H,4-7H2,1H3. The Hall–Kier alpha value is -1.09. The number of rotatable bonds is 2. The summed E-state index contributed by atoms with van der Waals surface area (Å²) in [6, 6.07) is 4.24. The van der Waals surface area contributed by atoms with Crippen LogP contribution in [-0.4, -0.2) is 25.1 Å². The summed E-state index contributed by atoms with van der Waals surface area (Å²) in [5.74, 6) is 0.655. The summed E-state index contributed by atoms with van der Waals surface area (Å²) in [7, 11) is 1.92. The fourth-order valence-electron chi connectivity index (χ4n) is 1.91. The van der Waals surface area contributed by atoms with Gasteiger partial charge in [0.25, 0.3) is 0 Å². The highest BCUT2D eigenvalue weighted by Gasteiger charge is 2.15. The smallest absolute Gasteiger partial charge is 0.0524 e. The third-order valence-corrected chi connectivity index (χ3v) is 2.83. The highest BCUT2D eigenvalue weighted by atomic mass is 14.9. The zero-order valence-corrected chi connectivity index (χ0v) is 8.59. The fraction of sp³-hybridized carbons (Fsp3) is 0.545. The molecule has 1 aliphatic heterocycles. The Morgan fingerprint density at radius 3 is 2.71 bits per heavy atom. The summed E-state index contributed by atoms with van der Waals surface area (Å²) in [5, 5.41) is 6.45. The van der Waals surface area contributed by atoms with Crippen LogP contribution in [0.1, 0.15) is 24.5 Å². The van der Waals surface area contributed by atoms with Gasteiger partial charge in [-0.1, -0.05) is 0 Å². The van der Waals surface area contributed by atoms with Crippen LogP contribution in [0.25, 0.3) is 0 Å². The van der Waals surface area contributed by atoms with Crippen LogP contribution in [0, 0.1) is 0 Å². The Morgan fingerprint density at radius 2 is 2.14 bits per heavy atom. The van der Waals surface area contributed by atoms with Gasteiger partial charge in [-0.15, -0.1) is 0 Å². The molecule has 3 heteroatoms. The first-order chi connectivity index (χ1) is 6.90. The van der Waals surface area contributed by atoms with Crippen molar-refractivity contribution in [3.63, 3.8) is 0 Å². The molecule has 0 spiro atoms. The predicted octanol–water partition coefficient (Wildman–Crippen LogP) is 1.59. The Kier molecular flexibility index (Phi) is 2.99. The predicted molar refractivity (Wildman–Crippen MR) is 58.6 cm³/mol. The van der Waals surface area contributed by atoms with Crippen LogP contribution in [0.2, 0.25) is 0 Å². The SMILES string of the molecule is CNc1ccc(C2CCNCC2)nc1. The molecule has 0 bridgehead atoms. The lowest BCUT2D eigenvalue weighted by atomic mass is 9.94. The number of anilines is 1. The minimum Gasteiger partial charge on any atom is -0.387 e. The molecular formula is C11H17N3. The van der Waals surface area contributed by atoms with Crippen molar-refractivity contribution in [2.75, 3.05) is 25.5 Å². The second kappa shape index (κ2) is 4.42. The van der Waals surface area contributed by atoms with Gasteiger partial charge >= 0.3 is 0 Å². The molecule has 3 nitrogen and oxygen atoms in total. The molecule has 0 amide bonds. The van der Waals surface area contributed by atoms with Crippen LogP contribution in [0.15, 0.2) is 18.3 Å². The molecule has 0 atom stereocenters. The van der Waals surface area contributed by atoms with Crippen molar-refractivity contribution in [3.8, 4) is 0 Å². The van der Waals surface area contributed by atoms with Crippen LogP contribution < -0.4 is 10.6 Å². The van der Waals surface area contributed by atoms with E-state index in [9.17, 15) is 0 Å². The molecule has 0 radical (unpaired) electrons. The second-order valence-electron chi connectivity index (χ2n) is 3.75. The molecule has 2 heterocycles. The third kappa shape index (κ3) is 2.04. The van der Waals surface area contributed by atoms with Gasteiger partial charge in [-0.3, -0.25) is 4.98 Å². The number of hydrogen-bond donors (Lipinski definition) is 2. The monoisotopic (exact) mass is 191 g/mol. The summed E-state index contributed by atoms with van der Waals surface area (Å²) in [6.07, 6.45) is 4.34. The number of hydrogen-bond acceptors (Lipinski definition) is 3. The topological polar surface area (TPSA) is 37.0 Å². The largest absolute Gasteiger partial charge is 0.387 e. The van der Waals surface area contributed by atoms with Crippen molar-refractivity contribution < 1.29 is 0 Å². The molecule has 1 aromatic heterocycles. The van der Waals surface area contributed by atoms with E-state index in [2.05, 4.69) is 27.8 Å². The molecule has 76 valence electrons. The van der Waals surface area contributed by atoms with E-state index >= 15 is 0 Å². The van der Waals surface area contributed by atoms with E-state index in [4.69, 9.17) is 0 Å². The zero-order valence-electron chi connectivity index (χ0n) is 8.59. The molecule has 0 aliphatic carbocycles. The Labute approximate surface area is 84.9 Å². The van der Waals surface area contributed by atoms with Crippen molar-refractivity contribution in [3.05, 3.63) is 24.0 Å². The van der Waals surface area contributed by atoms with E-state index in [0.717, 1.165) is 18.8 Å². The van der Waals surface area contributed by atoms with Gasteiger partial charge in [0.2, 0.25) is 0 Å². The van der Waals surface area contributed by atoms with Gasteiger partial charge in [0.05, 0.1) is 11.9 Å². The summed E-state index contributed by atoms with van der Waals surface area (Å²) in [5.41, 5.74) is 2.33. The molecule has 2 N–H and O–H groups in total. The lowest BCUT2D eigenvalue weighted by molar-refractivity contribution is 0.453. The Morgan fingerprint density at radius 1 is 1.36 bits per heavy atom.